The molecule has 2 heteroatoms. The van der Waals surface area contributed by atoms with E-state index in [1.165, 1.54) is 5.56 Å². The fraction of sp³-hybridized carbons (Fsp3) is 0.600. The first-order valence-electron chi connectivity index (χ1n) is 6.60. The summed E-state index contributed by atoms with van der Waals surface area (Å²) in [5.41, 5.74) is 1.28. The molecule has 1 aliphatic rings. The van der Waals surface area contributed by atoms with Gasteiger partial charge in [0.05, 0.1) is 12.2 Å². The topological polar surface area (TPSA) is 21.3 Å². The molecule has 0 aliphatic carbocycles. The van der Waals surface area contributed by atoms with E-state index in [2.05, 4.69) is 56.4 Å². The molecular weight excluding hydrogens is 210 g/mol. The average Bonchev–Trinajstić information content (AvgIpc) is 2.32. The molecule has 1 aromatic carbocycles. The fourth-order valence-corrected chi connectivity index (χ4v) is 2.47. The third-order valence-electron chi connectivity index (χ3n) is 3.32. The molecule has 1 aromatic rings. The SMILES string of the molecule is CC(C)CC1CNC(C)C(c2ccccc2)O1. The lowest BCUT2D eigenvalue weighted by Crippen LogP contribution is -2.47. The van der Waals surface area contributed by atoms with E-state index in [-0.39, 0.29) is 6.10 Å². The summed E-state index contributed by atoms with van der Waals surface area (Å²) in [6.45, 7) is 7.67. The first-order chi connectivity index (χ1) is 8.16. The van der Waals surface area contributed by atoms with Crippen molar-refractivity contribution in [3.63, 3.8) is 0 Å². The van der Waals surface area contributed by atoms with Crippen molar-refractivity contribution in [1.82, 2.24) is 5.32 Å². The van der Waals surface area contributed by atoms with Gasteiger partial charge >= 0.3 is 0 Å². The molecule has 1 N–H and O–H groups in total. The minimum atomic E-state index is 0.189. The molecule has 3 atom stereocenters. The summed E-state index contributed by atoms with van der Waals surface area (Å²) in [7, 11) is 0. The van der Waals surface area contributed by atoms with Gasteiger partial charge in [-0.25, -0.2) is 0 Å². The molecule has 17 heavy (non-hydrogen) atoms. The Kier molecular flexibility index (Phi) is 4.19. The van der Waals surface area contributed by atoms with Crippen LogP contribution in [0.4, 0.5) is 0 Å². The maximum atomic E-state index is 6.23. The highest BCUT2D eigenvalue weighted by Gasteiger charge is 2.29. The van der Waals surface area contributed by atoms with Gasteiger partial charge in [0.15, 0.2) is 0 Å². The first-order valence-corrected chi connectivity index (χ1v) is 6.60. The van der Waals surface area contributed by atoms with Crippen molar-refractivity contribution in [2.24, 2.45) is 5.92 Å². The summed E-state index contributed by atoms with van der Waals surface area (Å²) in [6, 6.07) is 10.9. The molecule has 0 bridgehead atoms. The van der Waals surface area contributed by atoms with E-state index in [9.17, 15) is 0 Å². The number of hydrogen-bond donors (Lipinski definition) is 1. The van der Waals surface area contributed by atoms with Crippen molar-refractivity contribution in [2.45, 2.75) is 45.4 Å². The quantitative estimate of drug-likeness (QED) is 0.866. The van der Waals surface area contributed by atoms with Crippen molar-refractivity contribution in [3.8, 4) is 0 Å². The average molecular weight is 233 g/mol. The standard InChI is InChI=1S/C15H23NO/c1-11(2)9-14-10-16-12(3)15(17-14)13-7-5-4-6-8-13/h4-8,11-12,14-16H,9-10H2,1-3H3. The van der Waals surface area contributed by atoms with E-state index in [0.717, 1.165) is 13.0 Å². The monoisotopic (exact) mass is 233 g/mol. The van der Waals surface area contributed by atoms with Crippen LogP contribution in [0.1, 0.15) is 38.9 Å². The molecule has 1 heterocycles. The van der Waals surface area contributed by atoms with Crippen LogP contribution in [0.2, 0.25) is 0 Å². The summed E-state index contributed by atoms with van der Waals surface area (Å²) in [6.07, 6.45) is 1.66. The molecule has 0 aromatic heterocycles. The third kappa shape index (κ3) is 3.30. The molecule has 0 amide bonds. The number of rotatable bonds is 3. The highest BCUT2D eigenvalue weighted by Crippen LogP contribution is 2.27. The largest absolute Gasteiger partial charge is 0.367 e. The van der Waals surface area contributed by atoms with Crippen LogP contribution in [0.5, 0.6) is 0 Å². The molecule has 1 aliphatic heterocycles. The normalized spacial score (nSPS) is 29.5. The molecule has 2 rings (SSSR count). The summed E-state index contributed by atoms with van der Waals surface area (Å²) in [5, 5.41) is 3.56. The highest BCUT2D eigenvalue weighted by molar-refractivity contribution is 5.19. The zero-order valence-corrected chi connectivity index (χ0v) is 11.0. The third-order valence-corrected chi connectivity index (χ3v) is 3.32. The smallest absolute Gasteiger partial charge is 0.0979 e. The second-order valence-corrected chi connectivity index (χ2v) is 5.42. The predicted octanol–water partition coefficient (Wildman–Crippen LogP) is 3.15. The number of ether oxygens (including phenoxy) is 1. The van der Waals surface area contributed by atoms with E-state index in [4.69, 9.17) is 4.74 Å². The maximum Gasteiger partial charge on any atom is 0.0979 e. The van der Waals surface area contributed by atoms with Gasteiger partial charge < -0.3 is 10.1 Å². The molecule has 0 spiro atoms. The van der Waals surface area contributed by atoms with Crippen molar-refractivity contribution in [2.75, 3.05) is 6.54 Å². The summed E-state index contributed by atoms with van der Waals surface area (Å²) >= 11 is 0. The first kappa shape index (κ1) is 12.6. The number of nitrogens with one attached hydrogen (secondary N) is 1. The van der Waals surface area contributed by atoms with Crippen LogP contribution in [-0.4, -0.2) is 18.7 Å². The van der Waals surface area contributed by atoms with Gasteiger partial charge in [-0.15, -0.1) is 0 Å². The minimum Gasteiger partial charge on any atom is -0.367 e. The van der Waals surface area contributed by atoms with E-state index in [0.29, 0.717) is 18.1 Å². The summed E-state index contributed by atoms with van der Waals surface area (Å²) < 4.78 is 6.23. The van der Waals surface area contributed by atoms with Gasteiger partial charge in [-0.1, -0.05) is 44.2 Å². The van der Waals surface area contributed by atoms with E-state index >= 15 is 0 Å². The Hall–Kier alpha value is -0.860. The lowest BCUT2D eigenvalue weighted by Gasteiger charge is -2.36. The second-order valence-electron chi connectivity index (χ2n) is 5.42. The summed E-state index contributed by atoms with van der Waals surface area (Å²) in [4.78, 5) is 0. The van der Waals surface area contributed by atoms with Crippen LogP contribution in [0.15, 0.2) is 30.3 Å². The predicted molar refractivity (Wildman–Crippen MR) is 71.0 cm³/mol. The number of morpholine rings is 1. The zero-order chi connectivity index (χ0) is 12.3. The lowest BCUT2D eigenvalue weighted by molar-refractivity contribution is -0.0687. The maximum absolute atomic E-state index is 6.23. The van der Waals surface area contributed by atoms with Gasteiger partial charge in [0.2, 0.25) is 0 Å². The van der Waals surface area contributed by atoms with Crippen LogP contribution in [0.25, 0.3) is 0 Å². The van der Waals surface area contributed by atoms with E-state index < -0.39 is 0 Å². The Bertz CT molecular complexity index is 336. The van der Waals surface area contributed by atoms with Gasteiger partial charge in [-0.05, 0) is 24.8 Å². The summed E-state index contributed by atoms with van der Waals surface area (Å²) in [5.74, 6) is 0.687. The Morgan fingerprint density at radius 3 is 2.65 bits per heavy atom. The second kappa shape index (κ2) is 5.65. The Balaban J connectivity index is 2.05. The molecule has 1 saturated heterocycles. The highest BCUT2D eigenvalue weighted by atomic mass is 16.5. The molecule has 0 saturated carbocycles. The van der Waals surface area contributed by atoms with Crippen LogP contribution in [0, 0.1) is 5.92 Å². The molecule has 0 radical (unpaired) electrons. The van der Waals surface area contributed by atoms with Crippen molar-refractivity contribution in [3.05, 3.63) is 35.9 Å². The zero-order valence-electron chi connectivity index (χ0n) is 11.0. The van der Waals surface area contributed by atoms with Gasteiger partial charge in [0.1, 0.15) is 0 Å². The van der Waals surface area contributed by atoms with Gasteiger partial charge in [-0.3, -0.25) is 0 Å². The van der Waals surface area contributed by atoms with Crippen molar-refractivity contribution in [1.29, 1.82) is 0 Å². The lowest BCUT2D eigenvalue weighted by atomic mass is 9.98. The van der Waals surface area contributed by atoms with Crippen molar-refractivity contribution < 1.29 is 4.74 Å². The van der Waals surface area contributed by atoms with Gasteiger partial charge in [0.25, 0.3) is 0 Å². The Labute approximate surface area is 104 Å². The van der Waals surface area contributed by atoms with Crippen LogP contribution >= 0.6 is 0 Å². The van der Waals surface area contributed by atoms with Crippen molar-refractivity contribution >= 4 is 0 Å². The van der Waals surface area contributed by atoms with Gasteiger partial charge in [-0.2, -0.15) is 0 Å². The molecule has 3 unspecified atom stereocenters. The fourth-order valence-electron chi connectivity index (χ4n) is 2.47. The Morgan fingerprint density at radius 2 is 2.00 bits per heavy atom. The van der Waals surface area contributed by atoms with Crippen LogP contribution < -0.4 is 5.32 Å². The van der Waals surface area contributed by atoms with Crippen LogP contribution in [0.3, 0.4) is 0 Å². The van der Waals surface area contributed by atoms with E-state index in [1.54, 1.807) is 0 Å². The number of hydrogen-bond acceptors (Lipinski definition) is 2. The van der Waals surface area contributed by atoms with Crippen LogP contribution in [-0.2, 0) is 4.74 Å². The number of benzene rings is 1. The molecule has 1 fully saturated rings. The van der Waals surface area contributed by atoms with Gasteiger partial charge in [0, 0.05) is 12.6 Å². The molecule has 2 nitrogen and oxygen atoms in total. The van der Waals surface area contributed by atoms with E-state index in [1.807, 2.05) is 0 Å². The molecular formula is C15H23NO. The molecule has 94 valence electrons. The Morgan fingerprint density at radius 1 is 1.29 bits per heavy atom. The minimum absolute atomic E-state index is 0.189.